The Morgan fingerprint density at radius 1 is 0.524 bits per heavy atom. The lowest BCUT2D eigenvalue weighted by Crippen LogP contribution is -1.85. The van der Waals surface area contributed by atoms with Gasteiger partial charge in [0.2, 0.25) is 0 Å². The van der Waals surface area contributed by atoms with E-state index in [9.17, 15) is 0 Å². The van der Waals surface area contributed by atoms with Crippen LogP contribution in [-0.2, 0) is 0 Å². The van der Waals surface area contributed by atoms with Crippen LogP contribution in [0.15, 0.2) is 78.9 Å². The Kier molecular flexibility index (Phi) is 5.92. The average molecular weight is 276 g/mol. The molecule has 0 aliphatic heterocycles. The van der Waals surface area contributed by atoms with Crippen molar-refractivity contribution in [3.8, 4) is 22.3 Å². The first-order chi connectivity index (χ1) is 9.34. The summed E-state index contributed by atoms with van der Waals surface area (Å²) in [6, 6.07) is 27.7. The van der Waals surface area contributed by atoms with Crippen LogP contribution in [-0.4, -0.2) is 0 Å². The lowest BCUT2D eigenvalue weighted by Gasteiger charge is -2.09. The van der Waals surface area contributed by atoms with Crippen LogP contribution >= 0.6 is 0 Å². The van der Waals surface area contributed by atoms with E-state index < -0.39 is 0 Å². The van der Waals surface area contributed by atoms with Crippen molar-refractivity contribution in [2.45, 2.75) is 21.8 Å². The predicted molar refractivity (Wildman–Crippen MR) is 95.5 cm³/mol. The van der Waals surface area contributed by atoms with Gasteiger partial charge in [0.1, 0.15) is 0 Å². The summed E-state index contributed by atoms with van der Waals surface area (Å²) in [5.41, 5.74) is 6.43. The average Bonchev–Trinajstić information content (AvgIpc) is 2.49. The van der Waals surface area contributed by atoms with Crippen LogP contribution in [0.2, 0.25) is 0 Å². The summed E-state index contributed by atoms with van der Waals surface area (Å²) >= 11 is 0. The van der Waals surface area contributed by atoms with E-state index in [0.29, 0.717) is 0 Å². The molecule has 0 amide bonds. The molecule has 0 bridgehead atoms. The first kappa shape index (κ1) is 16.7. The molecular formula is C21H24. The van der Waals surface area contributed by atoms with Crippen molar-refractivity contribution in [3.05, 3.63) is 84.4 Å². The summed E-state index contributed by atoms with van der Waals surface area (Å²) in [6.45, 7) is 2.16. The third kappa shape index (κ3) is 3.61. The van der Waals surface area contributed by atoms with Crippen LogP contribution in [0.5, 0.6) is 0 Å². The van der Waals surface area contributed by atoms with Crippen LogP contribution in [0, 0.1) is 6.92 Å². The maximum atomic E-state index is 2.28. The fourth-order valence-electron chi connectivity index (χ4n) is 2.36. The third-order valence-electron chi connectivity index (χ3n) is 3.43. The maximum absolute atomic E-state index is 2.28. The molecule has 0 nitrogen and oxygen atoms in total. The summed E-state index contributed by atoms with van der Waals surface area (Å²) in [5, 5.41) is 0. The van der Waals surface area contributed by atoms with Crippen molar-refractivity contribution < 1.29 is 0 Å². The molecule has 0 radical (unpaired) electrons. The van der Waals surface area contributed by atoms with E-state index in [4.69, 9.17) is 0 Å². The highest BCUT2D eigenvalue weighted by Gasteiger charge is 2.04. The smallest absolute Gasteiger partial charge is 0.0149 e. The zero-order chi connectivity index (χ0) is 13.1. The second-order valence-electron chi connectivity index (χ2n) is 4.76. The van der Waals surface area contributed by atoms with Crippen LogP contribution in [0.3, 0.4) is 0 Å². The molecule has 21 heavy (non-hydrogen) atoms. The molecule has 0 saturated heterocycles. The summed E-state index contributed by atoms with van der Waals surface area (Å²) in [7, 11) is 0. The van der Waals surface area contributed by atoms with Crippen molar-refractivity contribution >= 4 is 0 Å². The van der Waals surface area contributed by atoms with E-state index in [-0.39, 0.29) is 14.9 Å². The van der Waals surface area contributed by atoms with Gasteiger partial charge in [0.05, 0.1) is 0 Å². The fourth-order valence-corrected chi connectivity index (χ4v) is 2.36. The van der Waals surface area contributed by atoms with Crippen molar-refractivity contribution in [1.82, 2.24) is 0 Å². The lowest BCUT2D eigenvalue weighted by atomic mass is 9.95. The monoisotopic (exact) mass is 276 g/mol. The third-order valence-corrected chi connectivity index (χ3v) is 3.43. The SMILES string of the molecule is C.C.Cc1ccc(-c2ccccc2)cc1-c1ccccc1. The Morgan fingerprint density at radius 2 is 1.05 bits per heavy atom. The second-order valence-corrected chi connectivity index (χ2v) is 4.76. The van der Waals surface area contributed by atoms with Crippen molar-refractivity contribution in [2.24, 2.45) is 0 Å². The molecule has 0 heterocycles. The summed E-state index contributed by atoms with van der Waals surface area (Å²) < 4.78 is 0. The largest absolute Gasteiger partial charge is 0.0776 e. The Hall–Kier alpha value is -2.34. The Morgan fingerprint density at radius 3 is 1.62 bits per heavy atom. The molecule has 3 aromatic rings. The first-order valence-electron chi connectivity index (χ1n) is 6.56. The fraction of sp³-hybridized carbons (Fsp3) is 0.143. The summed E-state index contributed by atoms with van der Waals surface area (Å²) in [4.78, 5) is 0. The molecule has 3 aromatic carbocycles. The van der Waals surface area contributed by atoms with Crippen LogP contribution < -0.4 is 0 Å². The standard InChI is InChI=1S/C19H16.2CH4/c1-15-12-13-18(16-8-4-2-5-9-16)14-19(15)17-10-6-3-7-11-17;;/h2-14H,1H3;2*1H4. The van der Waals surface area contributed by atoms with E-state index in [1.54, 1.807) is 0 Å². The van der Waals surface area contributed by atoms with E-state index >= 15 is 0 Å². The van der Waals surface area contributed by atoms with Crippen molar-refractivity contribution in [3.63, 3.8) is 0 Å². The summed E-state index contributed by atoms with van der Waals surface area (Å²) in [5.74, 6) is 0. The van der Waals surface area contributed by atoms with Gasteiger partial charge in [-0.25, -0.2) is 0 Å². The van der Waals surface area contributed by atoms with Gasteiger partial charge >= 0.3 is 0 Å². The van der Waals surface area contributed by atoms with Gasteiger partial charge in [-0.1, -0.05) is 87.6 Å². The van der Waals surface area contributed by atoms with Gasteiger partial charge in [-0.05, 0) is 40.8 Å². The minimum atomic E-state index is 0. The molecule has 0 atom stereocenters. The maximum Gasteiger partial charge on any atom is -0.0149 e. The van der Waals surface area contributed by atoms with E-state index in [0.717, 1.165) is 0 Å². The first-order valence-corrected chi connectivity index (χ1v) is 6.56. The zero-order valence-electron chi connectivity index (χ0n) is 11.0. The number of hydrogen-bond acceptors (Lipinski definition) is 0. The second kappa shape index (κ2) is 7.44. The molecule has 3 rings (SSSR count). The molecule has 0 N–H and O–H groups in total. The van der Waals surface area contributed by atoms with Gasteiger partial charge in [-0.2, -0.15) is 0 Å². The minimum absolute atomic E-state index is 0. The number of rotatable bonds is 2. The lowest BCUT2D eigenvalue weighted by molar-refractivity contribution is 1.45. The van der Waals surface area contributed by atoms with Crippen molar-refractivity contribution in [1.29, 1.82) is 0 Å². The molecule has 0 fully saturated rings. The van der Waals surface area contributed by atoms with Gasteiger partial charge in [0.25, 0.3) is 0 Å². The highest BCUT2D eigenvalue weighted by Crippen LogP contribution is 2.29. The molecular weight excluding hydrogens is 252 g/mol. The van der Waals surface area contributed by atoms with Crippen LogP contribution in [0.25, 0.3) is 22.3 Å². The number of hydrogen-bond donors (Lipinski definition) is 0. The van der Waals surface area contributed by atoms with Gasteiger partial charge in [-0.15, -0.1) is 0 Å². The molecule has 0 saturated carbocycles. The van der Waals surface area contributed by atoms with Gasteiger partial charge in [0.15, 0.2) is 0 Å². The van der Waals surface area contributed by atoms with Crippen LogP contribution in [0.1, 0.15) is 20.4 Å². The van der Waals surface area contributed by atoms with Crippen molar-refractivity contribution in [2.75, 3.05) is 0 Å². The highest BCUT2D eigenvalue weighted by molar-refractivity contribution is 5.75. The molecule has 0 aromatic heterocycles. The predicted octanol–water partition coefficient (Wildman–Crippen LogP) is 6.60. The highest BCUT2D eigenvalue weighted by atomic mass is 14.1. The molecule has 108 valence electrons. The van der Waals surface area contributed by atoms with E-state index in [1.165, 1.54) is 27.8 Å². The van der Waals surface area contributed by atoms with Crippen LogP contribution in [0.4, 0.5) is 0 Å². The Balaban J connectivity index is 0.00000110. The molecule has 0 unspecified atom stereocenters. The molecule has 0 spiro atoms. The Bertz CT molecular complexity index is 667. The summed E-state index contributed by atoms with van der Waals surface area (Å²) in [6.07, 6.45) is 0. The number of aryl methyl sites for hydroxylation is 1. The molecule has 0 aliphatic carbocycles. The topological polar surface area (TPSA) is 0 Å². The van der Waals surface area contributed by atoms with Gasteiger partial charge in [-0.3, -0.25) is 0 Å². The normalized spacial score (nSPS) is 9.38. The van der Waals surface area contributed by atoms with E-state index in [1.807, 2.05) is 0 Å². The number of benzene rings is 3. The zero-order valence-corrected chi connectivity index (χ0v) is 11.0. The molecule has 0 heteroatoms. The Labute approximate surface area is 129 Å². The van der Waals surface area contributed by atoms with Gasteiger partial charge in [0, 0.05) is 0 Å². The molecule has 0 aliphatic rings. The van der Waals surface area contributed by atoms with Gasteiger partial charge < -0.3 is 0 Å². The quantitative estimate of drug-likeness (QED) is 0.494. The van der Waals surface area contributed by atoms with E-state index in [2.05, 4.69) is 85.8 Å². The minimum Gasteiger partial charge on any atom is -0.0776 e.